The van der Waals surface area contributed by atoms with Crippen LogP contribution >= 0.6 is 0 Å². The van der Waals surface area contributed by atoms with E-state index in [9.17, 15) is 0 Å². The van der Waals surface area contributed by atoms with Crippen LogP contribution in [0, 0.1) is 6.92 Å². The fourth-order valence-electron chi connectivity index (χ4n) is 2.37. The van der Waals surface area contributed by atoms with Gasteiger partial charge in [-0.1, -0.05) is 6.92 Å². The summed E-state index contributed by atoms with van der Waals surface area (Å²) in [6.07, 6.45) is 4.99. The predicted octanol–water partition coefficient (Wildman–Crippen LogP) is 2.03. The summed E-state index contributed by atoms with van der Waals surface area (Å²) in [6, 6.07) is 2.23. The van der Waals surface area contributed by atoms with E-state index in [4.69, 9.17) is 0 Å². The van der Waals surface area contributed by atoms with E-state index in [1.807, 2.05) is 31.0 Å². The number of rotatable bonds is 6. The Morgan fingerprint density at radius 3 is 2.74 bits per heavy atom. The molecular weight excluding hydrogens is 238 g/mol. The number of hydrogen-bond donors (Lipinski definition) is 1. The fourth-order valence-corrected chi connectivity index (χ4v) is 2.37. The molecule has 0 amide bonds. The van der Waals surface area contributed by atoms with E-state index in [0.29, 0.717) is 0 Å². The second-order valence-corrected chi connectivity index (χ2v) is 4.79. The molecule has 1 unspecified atom stereocenters. The van der Waals surface area contributed by atoms with Crippen LogP contribution in [0.15, 0.2) is 18.5 Å². The molecule has 0 fully saturated rings. The molecule has 0 aromatic carbocycles. The highest BCUT2D eigenvalue weighted by atomic mass is 15.3. The van der Waals surface area contributed by atoms with Gasteiger partial charge in [0.25, 0.3) is 0 Å². The normalized spacial score (nSPS) is 12.8. The van der Waals surface area contributed by atoms with Crippen LogP contribution in [0.1, 0.15) is 43.5 Å². The third-order valence-electron chi connectivity index (χ3n) is 3.28. The third kappa shape index (κ3) is 2.87. The molecule has 0 radical (unpaired) electrons. The van der Waals surface area contributed by atoms with Gasteiger partial charge in [-0.05, 0) is 32.9 Å². The number of hydrogen-bond acceptors (Lipinski definition) is 3. The molecule has 104 valence electrons. The Hall–Kier alpha value is -1.62. The Morgan fingerprint density at radius 1 is 1.37 bits per heavy atom. The molecule has 2 aromatic rings. The van der Waals surface area contributed by atoms with Crippen LogP contribution in [0.25, 0.3) is 0 Å². The zero-order chi connectivity index (χ0) is 13.8. The highest BCUT2D eigenvalue weighted by Crippen LogP contribution is 2.21. The van der Waals surface area contributed by atoms with E-state index in [-0.39, 0.29) is 6.04 Å². The van der Waals surface area contributed by atoms with Crippen LogP contribution in [-0.4, -0.2) is 25.9 Å². The summed E-state index contributed by atoms with van der Waals surface area (Å²) in [5.41, 5.74) is 2.20. The lowest BCUT2D eigenvalue weighted by Gasteiger charge is -2.19. The Balaban J connectivity index is 2.38. The van der Waals surface area contributed by atoms with Gasteiger partial charge in [0, 0.05) is 26.0 Å². The molecule has 0 bridgehead atoms. The third-order valence-corrected chi connectivity index (χ3v) is 3.28. The van der Waals surface area contributed by atoms with Crippen molar-refractivity contribution in [2.24, 2.45) is 7.05 Å². The summed E-state index contributed by atoms with van der Waals surface area (Å²) < 4.78 is 4.12. The maximum Gasteiger partial charge on any atom is 0.132 e. The molecule has 19 heavy (non-hydrogen) atoms. The van der Waals surface area contributed by atoms with Crippen molar-refractivity contribution in [3.63, 3.8) is 0 Å². The molecule has 2 rings (SSSR count). The van der Waals surface area contributed by atoms with Gasteiger partial charge < -0.3 is 9.88 Å². The fraction of sp³-hybridized carbons (Fsp3) is 0.571. The summed E-state index contributed by atoms with van der Waals surface area (Å²) in [5, 5.41) is 8.02. The number of nitrogens with zero attached hydrogens (tertiary/aromatic N) is 4. The van der Waals surface area contributed by atoms with Crippen molar-refractivity contribution >= 4 is 0 Å². The van der Waals surface area contributed by atoms with Gasteiger partial charge in [-0.3, -0.25) is 4.68 Å². The average molecular weight is 261 g/mol. The maximum atomic E-state index is 4.53. The average Bonchev–Trinajstić information content (AvgIpc) is 2.97. The molecule has 0 aliphatic carbocycles. The SMILES string of the molecule is CCCNC(c1nccn1CC)c1cc(C)nn1C. The van der Waals surface area contributed by atoms with E-state index >= 15 is 0 Å². The predicted molar refractivity (Wildman–Crippen MR) is 76.0 cm³/mol. The second-order valence-electron chi connectivity index (χ2n) is 4.79. The Kier molecular flexibility index (Phi) is 4.37. The first-order valence-electron chi connectivity index (χ1n) is 6.92. The Labute approximate surface area is 114 Å². The number of nitrogens with one attached hydrogen (secondary N) is 1. The molecule has 2 aromatic heterocycles. The number of aromatic nitrogens is 4. The van der Waals surface area contributed by atoms with Crippen LogP contribution in [0.5, 0.6) is 0 Å². The van der Waals surface area contributed by atoms with Gasteiger partial charge in [0.1, 0.15) is 11.9 Å². The first-order valence-corrected chi connectivity index (χ1v) is 6.92. The Bertz CT molecular complexity index is 526. The van der Waals surface area contributed by atoms with Crippen LogP contribution in [0.3, 0.4) is 0 Å². The quantitative estimate of drug-likeness (QED) is 0.865. The van der Waals surface area contributed by atoms with Crippen molar-refractivity contribution < 1.29 is 0 Å². The first-order chi connectivity index (χ1) is 9.17. The second kappa shape index (κ2) is 6.02. The van der Waals surface area contributed by atoms with Crippen LogP contribution in [-0.2, 0) is 13.6 Å². The lowest BCUT2D eigenvalue weighted by Crippen LogP contribution is -2.28. The molecular formula is C14H23N5. The minimum Gasteiger partial charge on any atom is -0.334 e. The van der Waals surface area contributed by atoms with Gasteiger partial charge in [-0.2, -0.15) is 5.10 Å². The topological polar surface area (TPSA) is 47.7 Å². The van der Waals surface area contributed by atoms with E-state index < -0.39 is 0 Å². The number of imidazole rings is 1. The van der Waals surface area contributed by atoms with Crippen molar-refractivity contribution in [3.8, 4) is 0 Å². The van der Waals surface area contributed by atoms with E-state index in [1.165, 1.54) is 0 Å². The van der Waals surface area contributed by atoms with Crippen LogP contribution in [0.4, 0.5) is 0 Å². The Morgan fingerprint density at radius 2 is 2.16 bits per heavy atom. The van der Waals surface area contributed by atoms with Gasteiger partial charge in [0.15, 0.2) is 0 Å². The van der Waals surface area contributed by atoms with Crippen molar-refractivity contribution in [2.75, 3.05) is 6.54 Å². The zero-order valence-corrected chi connectivity index (χ0v) is 12.2. The van der Waals surface area contributed by atoms with Crippen LogP contribution in [0.2, 0.25) is 0 Å². The molecule has 0 saturated carbocycles. The molecule has 5 nitrogen and oxygen atoms in total. The lowest BCUT2D eigenvalue weighted by molar-refractivity contribution is 0.509. The van der Waals surface area contributed by atoms with Gasteiger partial charge >= 0.3 is 0 Å². The van der Waals surface area contributed by atoms with Crippen molar-refractivity contribution in [1.29, 1.82) is 0 Å². The summed E-state index contributed by atoms with van der Waals surface area (Å²) in [6.45, 7) is 8.22. The first kappa shape index (κ1) is 13.8. The minimum atomic E-state index is 0.0982. The molecule has 0 spiro atoms. The molecule has 0 aliphatic rings. The maximum absolute atomic E-state index is 4.53. The summed E-state index contributed by atoms with van der Waals surface area (Å²) in [4.78, 5) is 4.53. The lowest BCUT2D eigenvalue weighted by atomic mass is 10.1. The van der Waals surface area contributed by atoms with E-state index in [1.54, 1.807) is 0 Å². The molecule has 0 saturated heterocycles. The highest BCUT2D eigenvalue weighted by Gasteiger charge is 2.21. The molecule has 0 aliphatic heterocycles. The minimum absolute atomic E-state index is 0.0982. The van der Waals surface area contributed by atoms with Gasteiger partial charge in [-0.25, -0.2) is 4.98 Å². The van der Waals surface area contributed by atoms with E-state index in [0.717, 1.165) is 36.7 Å². The summed E-state index contributed by atoms with van der Waals surface area (Å²) in [7, 11) is 1.99. The van der Waals surface area contributed by atoms with Gasteiger partial charge in [0.05, 0.1) is 11.4 Å². The highest BCUT2D eigenvalue weighted by molar-refractivity contribution is 5.21. The van der Waals surface area contributed by atoms with Crippen molar-refractivity contribution in [1.82, 2.24) is 24.6 Å². The zero-order valence-electron chi connectivity index (χ0n) is 12.2. The van der Waals surface area contributed by atoms with E-state index in [2.05, 4.69) is 39.9 Å². The summed E-state index contributed by atoms with van der Waals surface area (Å²) in [5.74, 6) is 1.05. The standard InChI is InChI=1S/C14H23N5/c1-5-7-15-13(12-10-11(3)17-18(12)4)14-16-8-9-19(14)6-2/h8-10,13,15H,5-7H2,1-4H3. The van der Waals surface area contributed by atoms with Crippen molar-refractivity contribution in [2.45, 2.75) is 39.8 Å². The molecule has 2 heterocycles. The largest absolute Gasteiger partial charge is 0.334 e. The van der Waals surface area contributed by atoms with Gasteiger partial charge in [0.2, 0.25) is 0 Å². The molecule has 1 N–H and O–H groups in total. The van der Waals surface area contributed by atoms with Gasteiger partial charge in [-0.15, -0.1) is 0 Å². The van der Waals surface area contributed by atoms with Crippen molar-refractivity contribution in [3.05, 3.63) is 35.7 Å². The van der Waals surface area contributed by atoms with Crippen LogP contribution < -0.4 is 5.32 Å². The molecule has 1 atom stereocenters. The smallest absolute Gasteiger partial charge is 0.132 e. The summed E-state index contributed by atoms with van der Waals surface area (Å²) >= 11 is 0. The monoisotopic (exact) mass is 261 g/mol. The number of aryl methyl sites for hydroxylation is 3. The molecule has 5 heteroatoms.